The average Bonchev–Trinajstić information content (AvgIpc) is 3.31. The number of halogens is 3. The van der Waals surface area contributed by atoms with Gasteiger partial charge in [0.05, 0.1) is 16.8 Å². The minimum absolute atomic E-state index is 0.000967. The van der Waals surface area contributed by atoms with Crippen molar-refractivity contribution in [2.45, 2.75) is 6.61 Å². The fourth-order valence-corrected chi connectivity index (χ4v) is 3.61. The number of hydrogen-bond donors (Lipinski definition) is 0. The van der Waals surface area contributed by atoms with Crippen LogP contribution in [0.15, 0.2) is 77.5 Å². The number of rotatable bonds is 6. The summed E-state index contributed by atoms with van der Waals surface area (Å²) in [5, 5.41) is 0.468. The van der Waals surface area contributed by atoms with Gasteiger partial charge in [-0.1, -0.05) is 12.1 Å². The van der Waals surface area contributed by atoms with Crippen molar-refractivity contribution in [3.8, 4) is 28.3 Å². The molecule has 0 fully saturated rings. The molecule has 0 aliphatic carbocycles. The fraction of sp³-hybridized carbons (Fsp3) is 0.0385. The molecule has 0 N–H and O–H groups in total. The molecule has 0 aliphatic heterocycles. The molecular weight excluding hydrogens is 445 g/mol. The summed E-state index contributed by atoms with van der Waals surface area (Å²) in [5.41, 5.74) is 1.81. The molecule has 5 rings (SSSR count). The lowest BCUT2D eigenvalue weighted by molar-refractivity contribution is 0.110. The molecule has 0 bridgehead atoms. The average molecular weight is 460 g/mol. The van der Waals surface area contributed by atoms with Gasteiger partial charge in [0.2, 0.25) is 0 Å². The van der Waals surface area contributed by atoms with Crippen LogP contribution in [0.25, 0.3) is 33.5 Å². The van der Waals surface area contributed by atoms with Crippen LogP contribution in [0.2, 0.25) is 0 Å². The summed E-state index contributed by atoms with van der Waals surface area (Å²) in [6.07, 6.45) is 1.79. The van der Waals surface area contributed by atoms with E-state index in [1.807, 2.05) is 0 Å². The van der Waals surface area contributed by atoms with E-state index in [9.17, 15) is 18.0 Å². The van der Waals surface area contributed by atoms with Gasteiger partial charge < -0.3 is 9.15 Å². The Hall–Kier alpha value is -4.46. The van der Waals surface area contributed by atoms with Crippen molar-refractivity contribution in [1.82, 2.24) is 9.97 Å². The third-order valence-corrected chi connectivity index (χ3v) is 5.22. The number of ether oxygens (including phenoxy) is 1. The molecule has 8 heteroatoms. The summed E-state index contributed by atoms with van der Waals surface area (Å²) >= 11 is 0. The number of fused-ring (bicyclic) bond motifs is 1. The molecule has 0 amide bonds. The van der Waals surface area contributed by atoms with Crippen molar-refractivity contribution in [2.24, 2.45) is 0 Å². The molecule has 0 saturated heterocycles. The SMILES string of the molecule is O=Cc1ccc(-c2cc3c(-c4ccc(OCc5cccc(F)c5)c(F)c4)ncnc3cc2F)o1. The van der Waals surface area contributed by atoms with Crippen molar-refractivity contribution in [3.05, 3.63) is 102 Å². The Morgan fingerprint density at radius 2 is 1.79 bits per heavy atom. The van der Waals surface area contributed by atoms with Crippen molar-refractivity contribution in [2.75, 3.05) is 0 Å². The summed E-state index contributed by atoms with van der Waals surface area (Å²) in [6.45, 7) is -0.000967. The molecule has 34 heavy (non-hydrogen) atoms. The van der Waals surface area contributed by atoms with E-state index in [-0.39, 0.29) is 29.4 Å². The Morgan fingerprint density at radius 3 is 2.56 bits per heavy atom. The van der Waals surface area contributed by atoms with Crippen molar-refractivity contribution >= 4 is 17.2 Å². The van der Waals surface area contributed by atoms with E-state index in [1.54, 1.807) is 18.2 Å². The highest BCUT2D eigenvalue weighted by molar-refractivity contribution is 5.95. The maximum atomic E-state index is 14.8. The highest BCUT2D eigenvalue weighted by Gasteiger charge is 2.16. The van der Waals surface area contributed by atoms with Crippen LogP contribution in [0, 0.1) is 17.5 Å². The molecule has 2 aromatic heterocycles. The molecule has 168 valence electrons. The van der Waals surface area contributed by atoms with Crippen LogP contribution in [-0.4, -0.2) is 16.3 Å². The zero-order valence-electron chi connectivity index (χ0n) is 17.5. The van der Waals surface area contributed by atoms with Crippen LogP contribution in [0.3, 0.4) is 0 Å². The minimum atomic E-state index is -0.635. The Labute approximate surface area is 191 Å². The number of carbonyl (C=O) groups is 1. The van der Waals surface area contributed by atoms with Gasteiger partial charge in [-0.3, -0.25) is 4.79 Å². The lowest BCUT2D eigenvalue weighted by Crippen LogP contribution is -1.98. The first-order valence-corrected chi connectivity index (χ1v) is 10.2. The van der Waals surface area contributed by atoms with E-state index in [1.165, 1.54) is 54.9 Å². The highest BCUT2D eigenvalue weighted by Crippen LogP contribution is 2.34. The topological polar surface area (TPSA) is 65.2 Å². The van der Waals surface area contributed by atoms with E-state index >= 15 is 0 Å². The van der Waals surface area contributed by atoms with Gasteiger partial charge >= 0.3 is 0 Å². The molecular formula is C26H15F3N2O3. The van der Waals surface area contributed by atoms with Crippen molar-refractivity contribution < 1.29 is 27.1 Å². The number of nitrogens with zero attached hydrogens (tertiary/aromatic N) is 2. The first-order valence-electron chi connectivity index (χ1n) is 10.2. The van der Waals surface area contributed by atoms with Gasteiger partial charge in [-0.2, -0.15) is 0 Å². The second-order valence-corrected chi connectivity index (χ2v) is 7.46. The zero-order valence-corrected chi connectivity index (χ0v) is 17.5. The molecule has 0 radical (unpaired) electrons. The summed E-state index contributed by atoms with van der Waals surface area (Å²) in [7, 11) is 0. The molecule has 3 aromatic carbocycles. The van der Waals surface area contributed by atoms with Gasteiger partial charge in [0.25, 0.3) is 0 Å². The maximum Gasteiger partial charge on any atom is 0.185 e. The van der Waals surface area contributed by atoms with Crippen LogP contribution in [0.4, 0.5) is 13.2 Å². The van der Waals surface area contributed by atoms with E-state index in [2.05, 4.69) is 9.97 Å². The summed E-state index contributed by atoms with van der Waals surface area (Å²) in [5.74, 6) is -1.39. The lowest BCUT2D eigenvalue weighted by atomic mass is 10.0. The summed E-state index contributed by atoms with van der Waals surface area (Å²) in [6, 6.07) is 15.8. The minimum Gasteiger partial charge on any atom is -0.486 e. The van der Waals surface area contributed by atoms with E-state index in [0.29, 0.717) is 34.0 Å². The fourth-order valence-electron chi connectivity index (χ4n) is 3.61. The molecule has 0 aliphatic rings. The molecule has 0 spiro atoms. The van der Waals surface area contributed by atoms with Crippen LogP contribution < -0.4 is 4.74 Å². The molecule has 5 nitrogen and oxygen atoms in total. The first-order chi connectivity index (χ1) is 16.5. The largest absolute Gasteiger partial charge is 0.486 e. The van der Waals surface area contributed by atoms with Gasteiger partial charge in [0.1, 0.15) is 30.3 Å². The summed E-state index contributed by atoms with van der Waals surface area (Å²) < 4.78 is 53.7. The molecule has 0 unspecified atom stereocenters. The monoisotopic (exact) mass is 460 g/mol. The third kappa shape index (κ3) is 4.13. The van der Waals surface area contributed by atoms with E-state index in [0.717, 1.165) is 0 Å². The van der Waals surface area contributed by atoms with Gasteiger partial charge in [-0.25, -0.2) is 23.1 Å². The predicted octanol–water partition coefficient (Wildman–Crippen LogP) is 6.37. The predicted molar refractivity (Wildman–Crippen MR) is 119 cm³/mol. The highest BCUT2D eigenvalue weighted by atomic mass is 19.1. The Bertz CT molecular complexity index is 1530. The van der Waals surface area contributed by atoms with Crippen molar-refractivity contribution in [3.63, 3.8) is 0 Å². The lowest BCUT2D eigenvalue weighted by Gasteiger charge is -2.11. The Kier molecular flexibility index (Phi) is 5.55. The molecule has 0 atom stereocenters. The van der Waals surface area contributed by atoms with E-state index < -0.39 is 17.5 Å². The second-order valence-electron chi connectivity index (χ2n) is 7.46. The molecule has 5 aromatic rings. The standard InChI is InChI=1S/C26H15F3N2O3/c27-17-3-1-2-15(8-17)13-33-25-6-4-16(9-22(25)29)26-20-10-19(24-7-5-18(12-32)34-24)21(28)11-23(20)30-14-31-26/h1-12,14H,13H2. The number of carbonyl (C=O) groups excluding carboxylic acids is 1. The van der Waals surface area contributed by atoms with Gasteiger partial charge in [-0.05, 0) is 54.1 Å². The van der Waals surface area contributed by atoms with Crippen molar-refractivity contribution in [1.29, 1.82) is 0 Å². The Morgan fingerprint density at radius 1 is 0.912 bits per heavy atom. The second kappa shape index (κ2) is 8.82. The number of hydrogen-bond acceptors (Lipinski definition) is 5. The maximum absolute atomic E-state index is 14.8. The van der Waals surface area contributed by atoms with Gasteiger partial charge in [0, 0.05) is 17.0 Å². The zero-order chi connectivity index (χ0) is 23.7. The third-order valence-electron chi connectivity index (χ3n) is 5.22. The molecule has 0 saturated carbocycles. The Balaban J connectivity index is 1.50. The smallest absolute Gasteiger partial charge is 0.185 e. The summed E-state index contributed by atoms with van der Waals surface area (Å²) in [4.78, 5) is 19.3. The first kappa shape index (κ1) is 21.4. The van der Waals surface area contributed by atoms with Crippen LogP contribution in [0.1, 0.15) is 16.1 Å². The normalized spacial score (nSPS) is 11.0. The van der Waals surface area contributed by atoms with Crippen LogP contribution in [0.5, 0.6) is 5.75 Å². The number of furan rings is 1. The van der Waals surface area contributed by atoms with Crippen LogP contribution >= 0.6 is 0 Å². The number of benzene rings is 3. The van der Waals surface area contributed by atoms with E-state index in [4.69, 9.17) is 9.15 Å². The quantitative estimate of drug-likeness (QED) is 0.276. The number of aromatic nitrogens is 2. The number of aldehydes is 1. The molecule has 2 heterocycles. The van der Waals surface area contributed by atoms with Crippen LogP contribution in [-0.2, 0) is 6.61 Å². The van der Waals surface area contributed by atoms with Gasteiger partial charge in [0.15, 0.2) is 23.6 Å². The van der Waals surface area contributed by atoms with Gasteiger partial charge in [-0.15, -0.1) is 0 Å².